The van der Waals surface area contributed by atoms with Crippen molar-refractivity contribution in [2.75, 3.05) is 0 Å². The van der Waals surface area contributed by atoms with E-state index in [9.17, 15) is 4.79 Å². The summed E-state index contributed by atoms with van der Waals surface area (Å²) in [6.45, 7) is 1.58. The molecule has 3 nitrogen and oxygen atoms in total. The molecule has 0 spiro atoms. The summed E-state index contributed by atoms with van der Waals surface area (Å²) >= 11 is 5.73. The predicted octanol–water partition coefficient (Wildman–Crippen LogP) is 2.05. The lowest BCUT2D eigenvalue weighted by atomic mass is 10.2. The fraction of sp³-hybridized carbons (Fsp3) is 0.833. The van der Waals surface area contributed by atoms with E-state index in [1.165, 1.54) is 0 Å². The van der Waals surface area contributed by atoms with Crippen molar-refractivity contribution < 1.29 is 14.6 Å². The summed E-state index contributed by atoms with van der Waals surface area (Å²) in [4.78, 5) is 10.0. The van der Waals surface area contributed by atoms with Crippen molar-refractivity contribution in [3.05, 3.63) is 0 Å². The van der Waals surface area contributed by atoms with Gasteiger partial charge in [0.15, 0.2) is 5.06 Å². The summed E-state index contributed by atoms with van der Waals surface area (Å²) in [5.74, 6) is 0.213. The molecule has 0 radical (unpaired) electrons. The topological polar surface area (TPSA) is 46.5 Å². The molecule has 0 bridgehead atoms. The minimum Gasteiger partial charge on any atom is -0.450 e. The molecule has 1 N–H and O–H groups in total. The Kier molecular flexibility index (Phi) is 1.77. The molecule has 1 rings (SSSR count). The van der Waals surface area contributed by atoms with E-state index in [4.69, 9.17) is 16.7 Å². The normalized spacial score (nSPS) is 23.4. The van der Waals surface area contributed by atoms with Crippen LogP contribution in [0.15, 0.2) is 0 Å². The van der Waals surface area contributed by atoms with Gasteiger partial charge in [-0.3, -0.25) is 0 Å². The lowest BCUT2D eigenvalue weighted by Gasteiger charge is -2.19. The summed E-state index contributed by atoms with van der Waals surface area (Å²) in [6.07, 6.45) is 0.630. The fourth-order valence-corrected chi connectivity index (χ4v) is 1.14. The Labute approximate surface area is 63.9 Å². The van der Waals surface area contributed by atoms with Gasteiger partial charge in [-0.05, 0) is 19.8 Å². The van der Waals surface area contributed by atoms with Crippen LogP contribution in [0.1, 0.15) is 19.8 Å². The van der Waals surface area contributed by atoms with E-state index in [1.807, 2.05) is 0 Å². The summed E-state index contributed by atoms with van der Waals surface area (Å²) < 4.78 is 4.44. The third-order valence-corrected chi connectivity index (χ3v) is 1.98. The molecule has 1 atom stereocenters. The molecular weight excluding hydrogens is 156 g/mol. The first-order valence-electron chi connectivity index (χ1n) is 3.13. The smallest absolute Gasteiger partial charge is 0.450 e. The molecule has 10 heavy (non-hydrogen) atoms. The summed E-state index contributed by atoms with van der Waals surface area (Å²) in [7, 11) is 0. The Balaban J connectivity index is 2.41. The van der Waals surface area contributed by atoms with E-state index >= 15 is 0 Å². The average Bonchev–Trinajstić information content (AvgIpc) is 2.35. The van der Waals surface area contributed by atoms with Gasteiger partial charge in [0, 0.05) is 5.92 Å². The minimum atomic E-state index is -1.30. The summed E-state index contributed by atoms with van der Waals surface area (Å²) in [6, 6.07) is 0. The summed E-state index contributed by atoms with van der Waals surface area (Å²) in [5, 5.41) is 7.22. The van der Waals surface area contributed by atoms with Crippen LogP contribution < -0.4 is 0 Å². The fourth-order valence-electron chi connectivity index (χ4n) is 0.853. The van der Waals surface area contributed by atoms with Crippen molar-refractivity contribution in [2.45, 2.75) is 24.8 Å². The quantitative estimate of drug-likeness (QED) is 0.502. The molecule has 0 aromatic heterocycles. The van der Waals surface area contributed by atoms with E-state index in [0.717, 1.165) is 12.8 Å². The molecule has 58 valence electrons. The van der Waals surface area contributed by atoms with Crippen LogP contribution in [0, 0.1) is 5.92 Å². The highest BCUT2D eigenvalue weighted by molar-refractivity contribution is 6.23. The van der Waals surface area contributed by atoms with Crippen LogP contribution in [0.25, 0.3) is 0 Å². The lowest BCUT2D eigenvalue weighted by Crippen LogP contribution is -2.26. The van der Waals surface area contributed by atoms with Gasteiger partial charge in [0.05, 0.1) is 0 Å². The zero-order chi connectivity index (χ0) is 7.78. The molecule has 0 aliphatic heterocycles. The minimum absolute atomic E-state index is 0.213. The highest BCUT2D eigenvalue weighted by Crippen LogP contribution is 2.44. The Morgan fingerprint density at radius 3 is 2.60 bits per heavy atom. The second kappa shape index (κ2) is 2.31. The van der Waals surface area contributed by atoms with Gasteiger partial charge >= 0.3 is 6.16 Å². The molecule has 1 unspecified atom stereocenters. The first-order valence-corrected chi connectivity index (χ1v) is 3.51. The number of carbonyl (C=O) groups is 1. The molecule has 0 aromatic carbocycles. The zero-order valence-electron chi connectivity index (χ0n) is 5.63. The maximum absolute atomic E-state index is 10.0. The van der Waals surface area contributed by atoms with Crippen molar-refractivity contribution in [3.8, 4) is 0 Å². The van der Waals surface area contributed by atoms with E-state index < -0.39 is 11.2 Å². The maximum Gasteiger partial charge on any atom is 0.507 e. The number of hydrogen-bond donors (Lipinski definition) is 1. The van der Waals surface area contributed by atoms with Gasteiger partial charge in [0.2, 0.25) is 0 Å². The van der Waals surface area contributed by atoms with Crippen molar-refractivity contribution in [1.29, 1.82) is 0 Å². The highest BCUT2D eigenvalue weighted by Gasteiger charge is 2.43. The first kappa shape index (κ1) is 7.66. The van der Waals surface area contributed by atoms with Crippen LogP contribution in [-0.4, -0.2) is 16.3 Å². The molecule has 1 aliphatic carbocycles. The van der Waals surface area contributed by atoms with Crippen LogP contribution in [0.4, 0.5) is 4.79 Å². The maximum atomic E-state index is 10.0. The van der Waals surface area contributed by atoms with E-state index in [-0.39, 0.29) is 5.92 Å². The predicted molar refractivity (Wildman–Crippen MR) is 36.1 cm³/mol. The van der Waals surface area contributed by atoms with Gasteiger partial charge < -0.3 is 9.84 Å². The second-order valence-electron chi connectivity index (χ2n) is 2.63. The average molecular weight is 165 g/mol. The van der Waals surface area contributed by atoms with Crippen molar-refractivity contribution in [2.24, 2.45) is 5.92 Å². The number of rotatable bonds is 2. The number of carboxylic acid groups (broad SMARTS) is 1. The van der Waals surface area contributed by atoms with Crippen LogP contribution in [0.3, 0.4) is 0 Å². The van der Waals surface area contributed by atoms with Gasteiger partial charge in [-0.15, -0.1) is 0 Å². The zero-order valence-corrected chi connectivity index (χ0v) is 6.39. The van der Waals surface area contributed by atoms with Crippen LogP contribution in [0.5, 0.6) is 0 Å². The molecule has 1 saturated carbocycles. The van der Waals surface area contributed by atoms with Gasteiger partial charge in [-0.25, -0.2) is 4.79 Å². The van der Waals surface area contributed by atoms with Crippen LogP contribution in [-0.2, 0) is 4.74 Å². The largest absolute Gasteiger partial charge is 0.507 e. The van der Waals surface area contributed by atoms with E-state index in [0.29, 0.717) is 0 Å². The molecule has 0 saturated heterocycles. The van der Waals surface area contributed by atoms with E-state index in [2.05, 4.69) is 4.74 Å². The molecule has 1 aliphatic rings. The molecule has 1 fully saturated rings. The van der Waals surface area contributed by atoms with Gasteiger partial charge in [0.25, 0.3) is 0 Å². The highest BCUT2D eigenvalue weighted by atomic mass is 35.5. The Hall–Kier alpha value is -0.440. The molecule has 0 heterocycles. The Morgan fingerprint density at radius 1 is 1.80 bits per heavy atom. The summed E-state index contributed by atoms with van der Waals surface area (Å²) in [5.41, 5.74) is 0. The second-order valence-corrected chi connectivity index (χ2v) is 3.38. The molecule has 0 amide bonds. The van der Waals surface area contributed by atoms with Crippen LogP contribution >= 0.6 is 11.6 Å². The first-order chi connectivity index (χ1) is 4.52. The molecular formula is C6H9ClO3. The SMILES string of the molecule is CC(Cl)(OC(=O)O)C1CC1. The standard InChI is InChI=1S/C6H9ClO3/c1-6(7,4-2-3-4)10-5(8)9/h4H,2-3H2,1H3,(H,8,9). The molecule has 0 aromatic rings. The lowest BCUT2D eigenvalue weighted by molar-refractivity contribution is 0.0285. The van der Waals surface area contributed by atoms with Crippen molar-refractivity contribution in [3.63, 3.8) is 0 Å². The Morgan fingerprint density at radius 2 is 2.30 bits per heavy atom. The Bertz CT molecular complexity index is 151. The van der Waals surface area contributed by atoms with Gasteiger partial charge in [-0.2, -0.15) is 0 Å². The monoisotopic (exact) mass is 164 g/mol. The van der Waals surface area contributed by atoms with Gasteiger partial charge in [-0.1, -0.05) is 11.6 Å². The number of halogens is 1. The van der Waals surface area contributed by atoms with Crippen molar-refractivity contribution in [1.82, 2.24) is 0 Å². The third-order valence-electron chi connectivity index (χ3n) is 1.59. The van der Waals surface area contributed by atoms with Crippen LogP contribution in [0.2, 0.25) is 0 Å². The molecule has 4 heteroatoms. The van der Waals surface area contributed by atoms with Gasteiger partial charge in [0.1, 0.15) is 0 Å². The number of ether oxygens (including phenoxy) is 1. The number of alkyl halides is 1. The van der Waals surface area contributed by atoms with Crippen molar-refractivity contribution >= 4 is 17.8 Å². The van der Waals surface area contributed by atoms with E-state index in [1.54, 1.807) is 6.92 Å². The number of hydrogen-bond acceptors (Lipinski definition) is 2. The third kappa shape index (κ3) is 1.77.